The summed E-state index contributed by atoms with van der Waals surface area (Å²) < 4.78 is 5.87. The van der Waals surface area contributed by atoms with E-state index in [1.807, 2.05) is 55.5 Å². The molecule has 5 nitrogen and oxygen atoms in total. The Morgan fingerprint density at radius 2 is 1.47 bits per heavy atom. The average molecular weight is 402 g/mol. The van der Waals surface area contributed by atoms with Crippen LogP contribution in [0.2, 0.25) is 0 Å². The van der Waals surface area contributed by atoms with Crippen molar-refractivity contribution < 1.29 is 9.21 Å². The Labute approximate surface area is 177 Å². The predicted octanol–water partition coefficient (Wildman–Crippen LogP) is 5.51. The molecule has 0 N–H and O–H groups in total. The highest BCUT2D eigenvalue weighted by Gasteiger charge is 2.35. The van der Waals surface area contributed by atoms with Crippen LogP contribution in [-0.2, 0) is 0 Å². The second-order valence-corrected chi connectivity index (χ2v) is 8.61. The van der Waals surface area contributed by atoms with Crippen molar-refractivity contribution in [3.8, 4) is 22.9 Å². The van der Waals surface area contributed by atoms with Crippen molar-refractivity contribution in [2.45, 2.75) is 51.5 Å². The number of amides is 1. The van der Waals surface area contributed by atoms with Crippen LogP contribution in [0, 0.1) is 12.8 Å². The van der Waals surface area contributed by atoms with E-state index >= 15 is 0 Å². The Hall–Kier alpha value is -2.95. The quantitative estimate of drug-likeness (QED) is 0.581. The fourth-order valence-corrected chi connectivity index (χ4v) is 4.95. The minimum absolute atomic E-state index is 0.157. The number of hydrogen-bond donors (Lipinski definition) is 0. The first-order chi connectivity index (χ1) is 14.7. The van der Waals surface area contributed by atoms with Crippen LogP contribution in [0.3, 0.4) is 0 Å². The molecule has 5 rings (SSSR count). The molecule has 5 heteroatoms. The molecule has 1 saturated heterocycles. The Bertz CT molecular complexity index is 1020. The smallest absolute Gasteiger partial charge is 0.254 e. The average Bonchev–Trinajstić information content (AvgIpc) is 3.29. The second kappa shape index (κ2) is 8.05. The molecule has 1 aliphatic heterocycles. The number of hydrogen-bond acceptors (Lipinski definition) is 4. The Kier molecular flexibility index (Phi) is 5.11. The Morgan fingerprint density at radius 3 is 2.17 bits per heavy atom. The molecule has 3 aromatic rings. The van der Waals surface area contributed by atoms with Crippen molar-refractivity contribution in [2.75, 3.05) is 6.54 Å². The summed E-state index contributed by atoms with van der Waals surface area (Å²) in [7, 11) is 0. The van der Waals surface area contributed by atoms with E-state index in [2.05, 4.69) is 15.1 Å². The van der Waals surface area contributed by atoms with E-state index in [0.717, 1.165) is 36.1 Å². The number of aryl methyl sites for hydroxylation is 1. The molecule has 0 bridgehead atoms. The van der Waals surface area contributed by atoms with Gasteiger partial charge in [0.15, 0.2) is 0 Å². The summed E-state index contributed by atoms with van der Waals surface area (Å²) in [4.78, 5) is 15.3. The molecule has 1 amide bonds. The molecule has 0 radical (unpaired) electrons. The normalized spacial score (nSPS) is 21.3. The molecule has 1 aliphatic carbocycles. The zero-order valence-corrected chi connectivity index (χ0v) is 17.4. The molecule has 1 saturated carbocycles. The molecular weight excluding hydrogens is 374 g/mol. The minimum Gasteiger partial charge on any atom is -0.416 e. The monoisotopic (exact) mass is 401 g/mol. The van der Waals surface area contributed by atoms with Gasteiger partial charge in [-0.15, -0.1) is 10.2 Å². The molecular formula is C25H27N3O2. The van der Waals surface area contributed by atoms with Crippen molar-refractivity contribution in [1.29, 1.82) is 0 Å². The largest absolute Gasteiger partial charge is 0.416 e. The van der Waals surface area contributed by atoms with Gasteiger partial charge in [0.25, 0.3) is 5.91 Å². The molecule has 0 unspecified atom stereocenters. The van der Waals surface area contributed by atoms with Crippen LogP contribution in [-0.4, -0.2) is 33.6 Å². The third-order valence-corrected chi connectivity index (χ3v) is 6.61. The van der Waals surface area contributed by atoms with Crippen molar-refractivity contribution in [1.82, 2.24) is 15.1 Å². The molecule has 2 aliphatic rings. The number of carbonyl (C=O) groups excluding carboxylic acids is 1. The Balaban J connectivity index is 1.33. The lowest BCUT2D eigenvalue weighted by Crippen LogP contribution is -2.49. The van der Waals surface area contributed by atoms with Crippen LogP contribution < -0.4 is 0 Å². The van der Waals surface area contributed by atoms with Gasteiger partial charge in [-0.2, -0.15) is 0 Å². The highest BCUT2D eigenvalue weighted by atomic mass is 16.4. The van der Waals surface area contributed by atoms with E-state index in [0.29, 0.717) is 23.7 Å². The standard InChI is InChI=1S/C25H27N3O2/c1-17-8-10-19(11-9-17)23-26-27-24(30-23)20-12-14-21(15-13-20)25(29)28-16-4-6-18-5-2-3-7-22(18)28/h8-15,18,22H,2-7,16H2,1H3/t18-,22+/m1/s1. The van der Waals surface area contributed by atoms with E-state index in [1.54, 1.807) is 0 Å². The van der Waals surface area contributed by atoms with Crippen LogP contribution in [0.25, 0.3) is 22.9 Å². The van der Waals surface area contributed by atoms with Crippen LogP contribution in [0.1, 0.15) is 54.4 Å². The van der Waals surface area contributed by atoms with Crippen molar-refractivity contribution in [3.05, 3.63) is 59.7 Å². The number of piperidine rings is 1. The van der Waals surface area contributed by atoms with Gasteiger partial charge in [-0.1, -0.05) is 30.5 Å². The molecule has 2 heterocycles. The summed E-state index contributed by atoms with van der Waals surface area (Å²) in [6, 6.07) is 16.0. The van der Waals surface area contributed by atoms with Gasteiger partial charge in [0.1, 0.15) is 0 Å². The van der Waals surface area contributed by atoms with Gasteiger partial charge in [-0.05, 0) is 74.9 Å². The number of fused-ring (bicyclic) bond motifs is 1. The van der Waals surface area contributed by atoms with Gasteiger partial charge in [0, 0.05) is 29.3 Å². The SMILES string of the molecule is Cc1ccc(-c2nnc(-c3ccc(C(=O)N4CCC[C@H]5CCCC[C@@H]54)cc3)o2)cc1. The van der Waals surface area contributed by atoms with Gasteiger partial charge >= 0.3 is 0 Å². The highest BCUT2D eigenvalue weighted by Crippen LogP contribution is 2.36. The first-order valence-electron chi connectivity index (χ1n) is 11.0. The van der Waals surface area contributed by atoms with Crippen LogP contribution in [0.15, 0.2) is 52.9 Å². The van der Waals surface area contributed by atoms with E-state index in [-0.39, 0.29) is 5.91 Å². The zero-order chi connectivity index (χ0) is 20.5. The fraction of sp³-hybridized carbons (Fsp3) is 0.400. The first kappa shape index (κ1) is 19.0. The van der Waals surface area contributed by atoms with Crippen molar-refractivity contribution in [2.24, 2.45) is 5.92 Å². The summed E-state index contributed by atoms with van der Waals surface area (Å²) in [5.41, 5.74) is 3.65. The lowest BCUT2D eigenvalue weighted by molar-refractivity contribution is 0.0390. The van der Waals surface area contributed by atoms with E-state index < -0.39 is 0 Å². The molecule has 2 fully saturated rings. The van der Waals surface area contributed by atoms with Gasteiger partial charge in [0.2, 0.25) is 11.8 Å². The maximum Gasteiger partial charge on any atom is 0.254 e. The number of likely N-dealkylation sites (tertiary alicyclic amines) is 1. The van der Waals surface area contributed by atoms with Gasteiger partial charge in [-0.25, -0.2) is 0 Å². The van der Waals surface area contributed by atoms with Crippen LogP contribution in [0.5, 0.6) is 0 Å². The molecule has 154 valence electrons. The maximum absolute atomic E-state index is 13.2. The third kappa shape index (κ3) is 3.64. The topological polar surface area (TPSA) is 59.2 Å². The maximum atomic E-state index is 13.2. The number of nitrogens with zero attached hydrogens (tertiary/aromatic N) is 3. The number of rotatable bonds is 3. The predicted molar refractivity (Wildman–Crippen MR) is 116 cm³/mol. The van der Waals surface area contributed by atoms with Gasteiger partial charge in [0.05, 0.1) is 0 Å². The summed E-state index contributed by atoms with van der Waals surface area (Å²) in [5.74, 6) is 1.81. The number of benzene rings is 2. The second-order valence-electron chi connectivity index (χ2n) is 8.61. The number of aromatic nitrogens is 2. The Morgan fingerprint density at radius 1 is 0.867 bits per heavy atom. The molecule has 2 aromatic carbocycles. The molecule has 2 atom stereocenters. The van der Waals surface area contributed by atoms with Crippen LogP contribution in [0.4, 0.5) is 0 Å². The summed E-state index contributed by atoms with van der Waals surface area (Å²) in [6.07, 6.45) is 7.37. The number of carbonyl (C=O) groups is 1. The minimum atomic E-state index is 0.157. The fourth-order valence-electron chi connectivity index (χ4n) is 4.95. The third-order valence-electron chi connectivity index (χ3n) is 6.61. The van der Waals surface area contributed by atoms with Crippen molar-refractivity contribution >= 4 is 5.91 Å². The summed E-state index contributed by atoms with van der Waals surface area (Å²) in [6.45, 7) is 2.93. The zero-order valence-electron chi connectivity index (χ0n) is 17.4. The lowest BCUT2D eigenvalue weighted by Gasteiger charge is -2.44. The van der Waals surface area contributed by atoms with E-state index in [9.17, 15) is 4.79 Å². The summed E-state index contributed by atoms with van der Waals surface area (Å²) in [5, 5.41) is 8.37. The van der Waals surface area contributed by atoms with E-state index in [1.165, 1.54) is 31.2 Å². The highest BCUT2D eigenvalue weighted by molar-refractivity contribution is 5.95. The van der Waals surface area contributed by atoms with Crippen LogP contribution >= 0.6 is 0 Å². The molecule has 1 aromatic heterocycles. The van der Waals surface area contributed by atoms with Crippen molar-refractivity contribution in [3.63, 3.8) is 0 Å². The molecule has 30 heavy (non-hydrogen) atoms. The van der Waals surface area contributed by atoms with E-state index in [4.69, 9.17) is 4.42 Å². The van der Waals surface area contributed by atoms with Gasteiger partial charge in [-0.3, -0.25) is 4.79 Å². The summed E-state index contributed by atoms with van der Waals surface area (Å²) >= 11 is 0. The lowest BCUT2D eigenvalue weighted by atomic mass is 9.78. The first-order valence-corrected chi connectivity index (χ1v) is 11.0. The molecule has 0 spiro atoms. The van der Waals surface area contributed by atoms with Gasteiger partial charge < -0.3 is 9.32 Å².